The SMILES string of the molecule is NC1(c2c3ccoc3c(Cl)c3ccoc23)CCCC1. The molecule has 1 saturated carbocycles. The molecule has 0 saturated heterocycles. The largest absolute Gasteiger partial charge is 0.464 e. The molecule has 0 atom stereocenters. The topological polar surface area (TPSA) is 52.3 Å². The van der Waals surface area contributed by atoms with Gasteiger partial charge in [-0.25, -0.2) is 0 Å². The average molecular weight is 276 g/mol. The Hall–Kier alpha value is -1.45. The lowest BCUT2D eigenvalue weighted by Crippen LogP contribution is -2.33. The van der Waals surface area contributed by atoms with Crippen LogP contribution in [0.1, 0.15) is 31.2 Å². The van der Waals surface area contributed by atoms with E-state index in [2.05, 4.69) is 0 Å². The summed E-state index contributed by atoms with van der Waals surface area (Å²) in [4.78, 5) is 0. The van der Waals surface area contributed by atoms with Gasteiger partial charge in [0.1, 0.15) is 5.58 Å². The van der Waals surface area contributed by atoms with Crippen molar-refractivity contribution in [3.05, 3.63) is 35.2 Å². The van der Waals surface area contributed by atoms with Crippen LogP contribution < -0.4 is 5.73 Å². The Bertz CT molecular complexity index is 713. The summed E-state index contributed by atoms with van der Waals surface area (Å²) in [5, 5.41) is 2.47. The first-order chi connectivity index (χ1) is 9.21. The molecule has 3 nitrogen and oxygen atoms in total. The van der Waals surface area contributed by atoms with E-state index >= 15 is 0 Å². The number of hydrogen-bond donors (Lipinski definition) is 1. The monoisotopic (exact) mass is 275 g/mol. The minimum Gasteiger partial charge on any atom is -0.464 e. The number of halogens is 1. The second-order valence-corrected chi connectivity index (χ2v) is 5.76. The van der Waals surface area contributed by atoms with Gasteiger partial charge in [-0.05, 0) is 25.0 Å². The van der Waals surface area contributed by atoms with Crippen LogP contribution in [0.3, 0.4) is 0 Å². The van der Waals surface area contributed by atoms with Gasteiger partial charge in [0.15, 0.2) is 5.58 Å². The van der Waals surface area contributed by atoms with E-state index in [1.807, 2.05) is 12.1 Å². The molecule has 0 spiro atoms. The molecule has 0 radical (unpaired) electrons. The van der Waals surface area contributed by atoms with Crippen LogP contribution in [0.25, 0.3) is 21.9 Å². The van der Waals surface area contributed by atoms with E-state index in [0.717, 1.165) is 47.6 Å². The van der Waals surface area contributed by atoms with E-state index in [-0.39, 0.29) is 5.54 Å². The molecule has 98 valence electrons. The molecule has 0 aliphatic heterocycles. The molecule has 4 rings (SSSR count). The molecular weight excluding hydrogens is 262 g/mol. The minimum atomic E-state index is -0.331. The number of hydrogen-bond acceptors (Lipinski definition) is 3. The first-order valence-electron chi connectivity index (χ1n) is 6.56. The first-order valence-corrected chi connectivity index (χ1v) is 6.94. The molecule has 1 aliphatic carbocycles. The lowest BCUT2D eigenvalue weighted by molar-refractivity contribution is 0.460. The van der Waals surface area contributed by atoms with Crippen LogP contribution in [-0.4, -0.2) is 0 Å². The summed E-state index contributed by atoms with van der Waals surface area (Å²) in [6.07, 6.45) is 7.59. The summed E-state index contributed by atoms with van der Waals surface area (Å²) in [5.74, 6) is 0. The third kappa shape index (κ3) is 1.43. The predicted molar refractivity (Wildman–Crippen MR) is 75.3 cm³/mol. The van der Waals surface area contributed by atoms with Gasteiger partial charge in [-0.1, -0.05) is 24.4 Å². The Morgan fingerprint density at radius 2 is 1.63 bits per heavy atom. The molecule has 2 N–H and O–H groups in total. The summed E-state index contributed by atoms with van der Waals surface area (Å²) in [6.45, 7) is 0. The van der Waals surface area contributed by atoms with Gasteiger partial charge in [-0.15, -0.1) is 0 Å². The third-order valence-corrected chi connectivity index (χ3v) is 4.63. The van der Waals surface area contributed by atoms with E-state index in [0.29, 0.717) is 10.6 Å². The second-order valence-electron chi connectivity index (χ2n) is 5.38. The zero-order chi connectivity index (χ0) is 13.0. The molecule has 2 heterocycles. The Labute approximate surface area is 115 Å². The second kappa shape index (κ2) is 3.78. The minimum absolute atomic E-state index is 0.331. The van der Waals surface area contributed by atoms with Crippen LogP contribution in [0, 0.1) is 0 Å². The molecule has 1 aromatic carbocycles. The van der Waals surface area contributed by atoms with E-state index in [9.17, 15) is 0 Å². The maximum absolute atomic E-state index is 6.64. The molecule has 2 aromatic heterocycles. The Balaban J connectivity index is 2.18. The first kappa shape index (κ1) is 11.4. The fraction of sp³-hybridized carbons (Fsp3) is 0.333. The molecule has 3 aromatic rings. The Morgan fingerprint density at radius 3 is 2.37 bits per heavy atom. The van der Waals surface area contributed by atoms with Crippen LogP contribution in [0.2, 0.25) is 5.02 Å². The average Bonchev–Trinajstić information content (AvgIpc) is 3.09. The highest BCUT2D eigenvalue weighted by Gasteiger charge is 2.36. The smallest absolute Gasteiger partial charge is 0.153 e. The number of rotatable bonds is 1. The van der Waals surface area contributed by atoms with Gasteiger partial charge in [0.05, 0.1) is 17.5 Å². The number of nitrogens with two attached hydrogens (primary N) is 1. The number of fused-ring (bicyclic) bond motifs is 2. The van der Waals surface area contributed by atoms with Gasteiger partial charge in [-0.3, -0.25) is 0 Å². The summed E-state index contributed by atoms with van der Waals surface area (Å²) < 4.78 is 11.2. The van der Waals surface area contributed by atoms with Crippen molar-refractivity contribution in [2.24, 2.45) is 5.73 Å². The normalized spacial score (nSPS) is 18.6. The van der Waals surface area contributed by atoms with Gasteiger partial charge >= 0.3 is 0 Å². The fourth-order valence-corrected chi connectivity index (χ4v) is 3.64. The van der Waals surface area contributed by atoms with E-state index in [1.165, 1.54) is 0 Å². The fourth-order valence-electron chi connectivity index (χ4n) is 3.35. The summed E-state index contributed by atoms with van der Waals surface area (Å²) in [7, 11) is 0. The highest BCUT2D eigenvalue weighted by atomic mass is 35.5. The summed E-state index contributed by atoms with van der Waals surface area (Å²) in [6, 6.07) is 3.81. The number of benzene rings is 1. The van der Waals surface area contributed by atoms with Crippen LogP contribution in [0.4, 0.5) is 0 Å². The number of furan rings is 2. The van der Waals surface area contributed by atoms with Crippen molar-refractivity contribution in [2.75, 3.05) is 0 Å². The van der Waals surface area contributed by atoms with Crippen molar-refractivity contribution in [2.45, 2.75) is 31.2 Å². The summed E-state index contributed by atoms with van der Waals surface area (Å²) >= 11 is 6.39. The van der Waals surface area contributed by atoms with Crippen molar-refractivity contribution in [1.82, 2.24) is 0 Å². The van der Waals surface area contributed by atoms with Crippen molar-refractivity contribution in [3.63, 3.8) is 0 Å². The van der Waals surface area contributed by atoms with Crippen molar-refractivity contribution >= 4 is 33.5 Å². The quantitative estimate of drug-likeness (QED) is 0.708. The zero-order valence-corrected chi connectivity index (χ0v) is 11.2. The van der Waals surface area contributed by atoms with Crippen LogP contribution in [0.5, 0.6) is 0 Å². The molecule has 0 bridgehead atoms. The maximum Gasteiger partial charge on any atom is 0.153 e. The van der Waals surface area contributed by atoms with Crippen molar-refractivity contribution < 1.29 is 8.83 Å². The molecule has 4 heteroatoms. The molecule has 1 fully saturated rings. The lowest BCUT2D eigenvalue weighted by Gasteiger charge is -2.25. The maximum atomic E-state index is 6.64. The van der Waals surface area contributed by atoms with Gasteiger partial charge in [0, 0.05) is 21.9 Å². The Kier molecular flexibility index (Phi) is 2.26. The predicted octanol–water partition coefficient (Wildman–Crippen LogP) is 4.56. The van der Waals surface area contributed by atoms with E-state index in [1.54, 1.807) is 12.5 Å². The van der Waals surface area contributed by atoms with E-state index < -0.39 is 0 Å². The third-order valence-electron chi connectivity index (χ3n) is 4.26. The zero-order valence-electron chi connectivity index (χ0n) is 10.4. The van der Waals surface area contributed by atoms with E-state index in [4.69, 9.17) is 26.2 Å². The van der Waals surface area contributed by atoms with Crippen LogP contribution in [-0.2, 0) is 5.54 Å². The molecule has 1 aliphatic rings. The van der Waals surface area contributed by atoms with Gasteiger partial charge in [0.2, 0.25) is 0 Å². The van der Waals surface area contributed by atoms with Crippen LogP contribution in [0.15, 0.2) is 33.5 Å². The van der Waals surface area contributed by atoms with Crippen molar-refractivity contribution in [1.29, 1.82) is 0 Å². The van der Waals surface area contributed by atoms with Gasteiger partial charge in [-0.2, -0.15) is 0 Å². The standard InChI is InChI=1S/C15H14ClNO2/c16-12-10-4-8-18-13(10)11(9-3-7-19-14(9)12)15(17)5-1-2-6-15/h3-4,7-8H,1-2,5-6,17H2. The highest BCUT2D eigenvalue weighted by Crippen LogP contribution is 2.46. The van der Waals surface area contributed by atoms with Gasteiger partial charge in [0.25, 0.3) is 0 Å². The highest BCUT2D eigenvalue weighted by molar-refractivity contribution is 6.40. The molecule has 0 unspecified atom stereocenters. The van der Waals surface area contributed by atoms with Crippen molar-refractivity contribution in [3.8, 4) is 0 Å². The van der Waals surface area contributed by atoms with Crippen LogP contribution >= 0.6 is 11.6 Å². The Morgan fingerprint density at radius 1 is 1.00 bits per heavy atom. The molecule has 0 amide bonds. The summed E-state index contributed by atoms with van der Waals surface area (Å²) in [5.41, 5.74) is 8.88. The van der Waals surface area contributed by atoms with Gasteiger partial charge < -0.3 is 14.6 Å². The molecular formula is C15H14ClNO2. The lowest BCUT2D eigenvalue weighted by atomic mass is 9.86. The molecule has 19 heavy (non-hydrogen) atoms.